The third-order valence-electron chi connectivity index (χ3n) is 3.90. The Balaban J connectivity index is 1.39. The van der Waals surface area contributed by atoms with Crippen LogP contribution in [0.5, 0.6) is 0 Å². The minimum Gasteiger partial charge on any atom is -0.461 e. The van der Waals surface area contributed by atoms with Crippen LogP contribution in [0.15, 0.2) is 40.8 Å². The van der Waals surface area contributed by atoms with Crippen LogP contribution in [-0.2, 0) is 45.2 Å². The molecule has 0 radical (unpaired) electrons. The molecule has 0 bridgehead atoms. The van der Waals surface area contributed by atoms with Gasteiger partial charge in [-0.15, -0.1) is 0 Å². The highest BCUT2D eigenvalue weighted by molar-refractivity contribution is 7.95. The number of carbonyl (C=O) groups is 2. The zero-order valence-electron chi connectivity index (χ0n) is 16.3. The molecule has 9 nitrogen and oxygen atoms in total. The van der Waals surface area contributed by atoms with Gasteiger partial charge in [0.2, 0.25) is 0 Å². The number of carbonyl (C=O) groups excluding carboxylic acids is 2. The Hall–Kier alpha value is -1.98. The van der Waals surface area contributed by atoms with E-state index >= 15 is 0 Å². The summed E-state index contributed by atoms with van der Waals surface area (Å²) in [6.45, 7) is 1.55. The van der Waals surface area contributed by atoms with Crippen LogP contribution >= 0.6 is 11.6 Å². The van der Waals surface area contributed by atoms with Crippen molar-refractivity contribution < 1.29 is 37.0 Å². The van der Waals surface area contributed by atoms with Crippen LogP contribution in [0.1, 0.15) is 12.0 Å². The van der Waals surface area contributed by atoms with Crippen LogP contribution in [0.25, 0.3) is 0 Å². The third-order valence-corrected chi connectivity index (χ3v) is 6.14. The molecule has 0 N–H and O–H groups in total. The van der Waals surface area contributed by atoms with Crippen molar-refractivity contribution >= 4 is 33.5 Å². The molecule has 1 aromatic rings. The van der Waals surface area contributed by atoms with Crippen LogP contribution in [0, 0.1) is 0 Å². The lowest BCUT2D eigenvalue weighted by atomic mass is 10.2. The van der Waals surface area contributed by atoms with Gasteiger partial charge in [0.1, 0.15) is 6.61 Å². The van der Waals surface area contributed by atoms with Gasteiger partial charge in [-0.3, -0.25) is 9.59 Å². The second-order valence-corrected chi connectivity index (χ2v) is 8.56. The Morgan fingerprint density at radius 2 is 1.53 bits per heavy atom. The molecule has 1 aliphatic rings. The van der Waals surface area contributed by atoms with Crippen molar-refractivity contribution in [3.05, 3.63) is 46.3 Å². The van der Waals surface area contributed by atoms with Crippen LogP contribution in [-0.4, -0.2) is 70.8 Å². The predicted molar refractivity (Wildman–Crippen MR) is 108 cm³/mol. The Morgan fingerprint density at radius 3 is 2.13 bits per heavy atom. The number of ether oxygens (including phenoxy) is 4. The van der Waals surface area contributed by atoms with Crippen LogP contribution in [0.2, 0.25) is 0 Å². The number of halogens is 1. The lowest BCUT2D eigenvalue weighted by Gasteiger charge is -2.15. The molecule has 0 saturated carbocycles. The number of benzene rings is 1. The highest BCUT2D eigenvalue weighted by Gasteiger charge is 2.35. The van der Waals surface area contributed by atoms with Crippen molar-refractivity contribution in [3.63, 3.8) is 0 Å². The summed E-state index contributed by atoms with van der Waals surface area (Å²) >= 11 is 5.50. The largest absolute Gasteiger partial charge is 0.461 e. The van der Waals surface area contributed by atoms with Gasteiger partial charge in [0.15, 0.2) is 4.36 Å². The maximum Gasteiger partial charge on any atom is 0.308 e. The molecular formula is C19H24ClNO8S. The van der Waals surface area contributed by atoms with E-state index in [4.69, 9.17) is 30.5 Å². The number of hydrogen-bond acceptors (Lipinski definition) is 8. The van der Waals surface area contributed by atoms with E-state index in [9.17, 15) is 18.0 Å². The maximum absolute atomic E-state index is 11.7. The van der Waals surface area contributed by atoms with E-state index in [1.54, 1.807) is 0 Å². The van der Waals surface area contributed by atoms with Gasteiger partial charge in [-0.25, -0.2) is 4.31 Å². The van der Waals surface area contributed by atoms with E-state index in [0.717, 1.165) is 11.6 Å². The third kappa shape index (κ3) is 8.04. The molecule has 1 amide bonds. The molecule has 0 fully saturated rings. The van der Waals surface area contributed by atoms with Gasteiger partial charge in [0.05, 0.1) is 52.6 Å². The van der Waals surface area contributed by atoms with E-state index in [2.05, 4.69) is 0 Å². The SMILES string of the molecule is O=C(CCOCCOCCOCCN1C(=O)C=C(Cl)S1(=O)=O)OCc1ccccc1. The van der Waals surface area contributed by atoms with E-state index in [1.807, 2.05) is 30.3 Å². The first kappa shape index (κ1) is 24.3. The standard InChI is InChI=1S/C19H24ClNO8S/c20-17-14-18(22)21(30(17,24)25)7-9-27-11-13-28-12-10-26-8-6-19(23)29-15-16-4-2-1-3-5-16/h1-5,14H,6-13,15H2. The van der Waals surface area contributed by atoms with E-state index in [1.165, 1.54) is 0 Å². The molecule has 166 valence electrons. The zero-order valence-corrected chi connectivity index (χ0v) is 17.9. The minimum atomic E-state index is -3.90. The van der Waals surface area contributed by atoms with Gasteiger partial charge in [0.25, 0.3) is 15.9 Å². The van der Waals surface area contributed by atoms with E-state index in [-0.39, 0.29) is 52.0 Å². The normalized spacial score (nSPS) is 15.3. The van der Waals surface area contributed by atoms with Gasteiger partial charge < -0.3 is 18.9 Å². The highest BCUT2D eigenvalue weighted by Crippen LogP contribution is 2.24. The van der Waals surface area contributed by atoms with Gasteiger partial charge in [-0.2, -0.15) is 8.42 Å². The zero-order chi connectivity index (χ0) is 21.8. The predicted octanol–water partition coefficient (Wildman–Crippen LogP) is 1.42. The molecule has 11 heteroatoms. The van der Waals surface area contributed by atoms with Gasteiger partial charge in [-0.1, -0.05) is 41.9 Å². The first-order valence-corrected chi connectivity index (χ1v) is 11.1. The fourth-order valence-electron chi connectivity index (χ4n) is 2.35. The molecule has 0 saturated heterocycles. The number of sulfonamides is 1. The first-order chi connectivity index (χ1) is 14.4. The lowest BCUT2D eigenvalue weighted by molar-refractivity contribution is -0.146. The number of hydrogen-bond donors (Lipinski definition) is 0. The topological polar surface area (TPSA) is 108 Å². The second-order valence-electron chi connectivity index (χ2n) is 6.10. The van der Waals surface area contributed by atoms with Crippen molar-refractivity contribution in [3.8, 4) is 0 Å². The quantitative estimate of drug-likeness (QED) is 0.302. The van der Waals surface area contributed by atoms with E-state index < -0.39 is 20.3 Å². The van der Waals surface area contributed by atoms with Crippen molar-refractivity contribution in [2.75, 3.05) is 46.2 Å². The molecule has 2 rings (SSSR count). The Kier molecular flexibility index (Phi) is 10.2. The fraction of sp³-hybridized carbons (Fsp3) is 0.474. The molecule has 30 heavy (non-hydrogen) atoms. The molecule has 0 aliphatic carbocycles. The smallest absolute Gasteiger partial charge is 0.308 e. The molecule has 1 aromatic carbocycles. The van der Waals surface area contributed by atoms with Crippen molar-refractivity contribution in [1.29, 1.82) is 0 Å². The number of amides is 1. The average Bonchev–Trinajstić information content (AvgIpc) is 2.92. The van der Waals surface area contributed by atoms with Gasteiger partial charge >= 0.3 is 5.97 Å². The fourth-order valence-corrected chi connectivity index (χ4v) is 3.76. The molecule has 0 spiro atoms. The molecule has 1 aliphatic heterocycles. The van der Waals surface area contributed by atoms with Crippen LogP contribution in [0.3, 0.4) is 0 Å². The summed E-state index contributed by atoms with van der Waals surface area (Å²) in [4.78, 5) is 23.1. The lowest BCUT2D eigenvalue weighted by Crippen LogP contribution is -2.33. The van der Waals surface area contributed by atoms with Crippen molar-refractivity contribution in [2.45, 2.75) is 13.0 Å². The summed E-state index contributed by atoms with van der Waals surface area (Å²) in [6, 6.07) is 9.41. The summed E-state index contributed by atoms with van der Waals surface area (Å²) in [7, 11) is -3.90. The maximum atomic E-state index is 11.7. The number of esters is 1. The Morgan fingerprint density at radius 1 is 0.933 bits per heavy atom. The Labute approximate surface area is 180 Å². The first-order valence-electron chi connectivity index (χ1n) is 9.28. The molecule has 1 heterocycles. The van der Waals surface area contributed by atoms with E-state index in [0.29, 0.717) is 17.5 Å². The van der Waals surface area contributed by atoms with Crippen LogP contribution < -0.4 is 0 Å². The highest BCUT2D eigenvalue weighted by atomic mass is 35.5. The Bertz CT molecular complexity index is 828. The van der Waals surface area contributed by atoms with Gasteiger partial charge in [0, 0.05) is 6.08 Å². The number of rotatable bonds is 14. The second kappa shape index (κ2) is 12.7. The van der Waals surface area contributed by atoms with Crippen LogP contribution in [0.4, 0.5) is 0 Å². The molecule has 0 atom stereocenters. The summed E-state index contributed by atoms with van der Waals surface area (Å²) in [5.41, 5.74) is 0.927. The summed E-state index contributed by atoms with van der Waals surface area (Å²) in [5, 5.41) is 0. The molecule has 0 aromatic heterocycles. The van der Waals surface area contributed by atoms with Crippen molar-refractivity contribution in [2.24, 2.45) is 0 Å². The minimum absolute atomic E-state index is 0.0356. The summed E-state index contributed by atoms with van der Waals surface area (Å²) < 4.78 is 44.6. The number of nitrogens with zero attached hydrogens (tertiary/aromatic N) is 1. The molecular weight excluding hydrogens is 438 g/mol. The summed E-state index contributed by atoms with van der Waals surface area (Å²) in [5.74, 6) is -1.01. The monoisotopic (exact) mass is 461 g/mol. The van der Waals surface area contributed by atoms with Crippen molar-refractivity contribution in [1.82, 2.24) is 4.31 Å². The molecule has 0 unspecified atom stereocenters. The average molecular weight is 462 g/mol. The summed E-state index contributed by atoms with van der Waals surface area (Å²) in [6.07, 6.45) is 1.02. The van der Waals surface area contributed by atoms with Gasteiger partial charge in [-0.05, 0) is 5.56 Å².